The Balaban J connectivity index is 1.36. The van der Waals surface area contributed by atoms with Gasteiger partial charge in [0.1, 0.15) is 5.82 Å². The van der Waals surface area contributed by atoms with Crippen LogP contribution in [-0.4, -0.2) is 50.9 Å². The molecule has 6 nitrogen and oxygen atoms in total. The third-order valence-electron chi connectivity index (χ3n) is 5.35. The molecule has 0 spiro atoms. The van der Waals surface area contributed by atoms with E-state index in [0.717, 1.165) is 24.3 Å². The molecule has 30 heavy (non-hydrogen) atoms. The first-order chi connectivity index (χ1) is 14.6. The Morgan fingerprint density at radius 3 is 2.80 bits per heavy atom. The summed E-state index contributed by atoms with van der Waals surface area (Å²) in [5.74, 6) is -0.575. The van der Waals surface area contributed by atoms with Crippen LogP contribution in [0.15, 0.2) is 67.0 Å². The van der Waals surface area contributed by atoms with Crippen molar-refractivity contribution < 1.29 is 14.3 Å². The van der Waals surface area contributed by atoms with E-state index in [1.807, 2.05) is 29.1 Å². The van der Waals surface area contributed by atoms with Crippen molar-refractivity contribution in [3.8, 4) is 5.69 Å². The lowest BCUT2D eigenvalue weighted by atomic mass is 10.0. The van der Waals surface area contributed by atoms with Crippen LogP contribution < -0.4 is 5.32 Å². The molecule has 1 fully saturated rings. The zero-order valence-corrected chi connectivity index (χ0v) is 16.6. The summed E-state index contributed by atoms with van der Waals surface area (Å²) >= 11 is 0. The molecule has 2 N–H and O–H groups in total. The van der Waals surface area contributed by atoms with Gasteiger partial charge in [-0.1, -0.05) is 24.3 Å². The molecule has 2 atom stereocenters. The second kappa shape index (κ2) is 9.19. The summed E-state index contributed by atoms with van der Waals surface area (Å²) in [7, 11) is 0. The molecule has 4 rings (SSSR count). The van der Waals surface area contributed by atoms with Gasteiger partial charge in [0.15, 0.2) is 0 Å². The van der Waals surface area contributed by atoms with Crippen molar-refractivity contribution in [3.63, 3.8) is 0 Å². The van der Waals surface area contributed by atoms with Crippen LogP contribution in [0.25, 0.3) is 5.69 Å². The predicted octanol–water partition coefficient (Wildman–Crippen LogP) is 2.31. The van der Waals surface area contributed by atoms with Gasteiger partial charge in [0.2, 0.25) is 5.91 Å². The first kappa shape index (κ1) is 20.3. The molecule has 0 aliphatic carbocycles. The summed E-state index contributed by atoms with van der Waals surface area (Å²) in [5.41, 5.74) is 2.75. The third-order valence-corrected chi connectivity index (χ3v) is 5.35. The Bertz CT molecular complexity index is 992. The van der Waals surface area contributed by atoms with Crippen LogP contribution in [0.3, 0.4) is 0 Å². The highest BCUT2D eigenvalue weighted by Gasteiger charge is 2.29. The summed E-state index contributed by atoms with van der Waals surface area (Å²) in [6.07, 6.45) is 3.74. The molecule has 2 heterocycles. The molecule has 1 aromatic heterocycles. The largest absolute Gasteiger partial charge is 0.391 e. The van der Waals surface area contributed by atoms with Crippen molar-refractivity contribution in [2.45, 2.75) is 31.5 Å². The SMILES string of the molecule is O=C(Cc1cccc(F)c1)N[C@@H]1CN(Cc2cccc(-n3cccn3)c2)CC[C@@H]1O. The normalized spacial score (nSPS) is 19.5. The van der Waals surface area contributed by atoms with Gasteiger partial charge in [-0.05, 0) is 47.9 Å². The number of likely N-dealkylation sites (tertiary alicyclic amines) is 1. The number of rotatable bonds is 6. The average molecular weight is 408 g/mol. The number of nitrogens with one attached hydrogen (secondary N) is 1. The maximum absolute atomic E-state index is 13.3. The lowest BCUT2D eigenvalue weighted by Crippen LogP contribution is -2.55. The Labute approximate surface area is 174 Å². The zero-order chi connectivity index (χ0) is 20.9. The monoisotopic (exact) mass is 408 g/mol. The molecule has 0 bridgehead atoms. The van der Waals surface area contributed by atoms with Gasteiger partial charge in [-0.15, -0.1) is 0 Å². The van der Waals surface area contributed by atoms with E-state index in [1.165, 1.54) is 12.1 Å². The van der Waals surface area contributed by atoms with Crippen LogP contribution in [0.4, 0.5) is 4.39 Å². The number of amides is 1. The van der Waals surface area contributed by atoms with E-state index >= 15 is 0 Å². The predicted molar refractivity (Wildman–Crippen MR) is 111 cm³/mol. The lowest BCUT2D eigenvalue weighted by molar-refractivity contribution is -0.122. The summed E-state index contributed by atoms with van der Waals surface area (Å²) in [6, 6.07) is 15.7. The second-order valence-corrected chi connectivity index (χ2v) is 7.69. The Morgan fingerprint density at radius 2 is 2.00 bits per heavy atom. The number of aliphatic hydroxyl groups is 1. The Hall–Kier alpha value is -3.03. The van der Waals surface area contributed by atoms with Crippen LogP contribution >= 0.6 is 0 Å². The summed E-state index contributed by atoms with van der Waals surface area (Å²) in [5, 5.41) is 17.6. The van der Waals surface area contributed by atoms with Crippen molar-refractivity contribution in [2.24, 2.45) is 0 Å². The van der Waals surface area contributed by atoms with Gasteiger partial charge in [0.25, 0.3) is 0 Å². The number of carbonyl (C=O) groups is 1. The van der Waals surface area contributed by atoms with Crippen molar-refractivity contribution in [1.82, 2.24) is 20.0 Å². The maximum Gasteiger partial charge on any atom is 0.224 e. The smallest absolute Gasteiger partial charge is 0.224 e. The van der Waals surface area contributed by atoms with Crippen LogP contribution in [0.5, 0.6) is 0 Å². The van der Waals surface area contributed by atoms with Gasteiger partial charge >= 0.3 is 0 Å². The molecule has 1 saturated heterocycles. The Kier molecular flexibility index (Phi) is 6.21. The number of halogens is 1. The standard InChI is InChI=1S/C23H25FN4O2/c24-19-6-1-4-17(12-19)14-23(30)26-21-16-27(11-8-22(21)29)15-18-5-2-7-20(13-18)28-10-3-9-25-28/h1-7,9-10,12-13,21-22,29H,8,11,14-16H2,(H,26,30)/t21-,22+/m1/s1. The second-order valence-electron chi connectivity index (χ2n) is 7.69. The number of carbonyl (C=O) groups excluding carboxylic acids is 1. The summed E-state index contributed by atoms with van der Waals surface area (Å²) in [4.78, 5) is 14.6. The minimum atomic E-state index is -0.590. The van der Waals surface area contributed by atoms with Crippen LogP contribution in [0, 0.1) is 5.82 Å². The number of hydrogen-bond donors (Lipinski definition) is 2. The van der Waals surface area contributed by atoms with E-state index < -0.39 is 6.10 Å². The summed E-state index contributed by atoms with van der Waals surface area (Å²) in [6.45, 7) is 2.03. The highest BCUT2D eigenvalue weighted by molar-refractivity contribution is 5.79. The number of hydrogen-bond acceptors (Lipinski definition) is 4. The third kappa shape index (κ3) is 5.11. The molecule has 1 amide bonds. The zero-order valence-electron chi connectivity index (χ0n) is 16.6. The molecule has 0 unspecified atom stereocenters. The molecule has 156 valence electrons. The van der Waals surface area contributed by atoms with Crippen molar-refractivity contribution in [2.75, 3.05) is 13.1 Å². The maximum atomic E-state index is 13.3. The fourth-order valence-corrected chi connectivity index (χ4v) is 3.86. The fourth-order valence-electron chi connectivity index (χ4n) is 3.86. The molecular formula is C23H25FN4O2. The minimum absolute atomic E-state index is 0.0902. The molecule has 1 aliphatic heterocycles. The molecular weight excluding hydrogens is 383 g/mol. The number of piperidine rings is 1. The first-order valence-corrected chi connectivity index (χ1v) is 10.1. The number of aliphatic hydroxyl groups excluding tert-OH is 1. The van der Waals surface area contributed by atoms with Gasteiger partial charge in [-0.3, -0.25) is 9.69 Å². The van der Waals surface area contributed by atoms with Gasteiger partial charge in [-0.25, -0.2) is 9.07 Å². The van der Waals surface area contributed by atoms with Crippen molar-refractivity contribution in [1.29, 1.82) is 0 Å². The van der Waals surface area contributed by atoms with Crippen molar-refractivity contribution in [3.05, 3.63) is 83.9 Å². The number of benzene rings is 2. The molecule has 7 heteroatoms. The average Bonchev–Trinajstić information content (AvgIpc) is 3.26. The van der Waals surface area contributed by atoms with E-state index in [1.54, 1.807) is 18.3 Å². The lowest BCUT2D eigenvalue weighted by Gasteiger charge is -2.36. The quantitative estimate of drug-likeness (QED) is 0.657. The molecule has 2 aromatic carbocycles. The Morgan fingerprint density at radius 1 is 1.17 bits per heavy atom. The topological polar surface area (TPSA) is 70.4 Å². The molecule has 0 saturated carbocycles. The van der Waals surface area contributed by atoms with E-state index in [2.05, 4.69) is 27.4 Å². The van der Waals surface area contributed by atoms with E-state index in [-0.39, 0.29) is 24.2 Å². The molecule has 1 aliphatic rings. The highest BCUT2D eigenvalue weighted by Crippen LogP contribution is 2.17. The van der Waals surface area contributed by atoms with Gasteiger partial charge in [0, 0.05) is 32.0 Å². The number of aromatic nitrogens is 2. The number of nitrogens with zero attached hydrogens (tertiary/aromatic N) is 3. The highest BCUT2D eigenvalue weighted by atomic mass is 19.1. The van der Waals surface area contributed by atoms with Gasteiger partial charge in [-0.2, -0.15) is 5.10 Å². The van der Waals surface area contributed by atoms with Crippen LogP contribution in [0.2, 0.25) is 0 Å². The van der Waals surface area contributed by atoms with Crippen LogP contribution in [-0.2, 0) is 17.8 Å². The van der Waals surface area contributed by atoms with Crippen LogP contribution in [0.1, 0.15) is 17.5 Å². The van der Waals surface area contributed by atoms with Gasteiger partial charge in [0.05, 0.1) is 24.3 Å². The molecule has 0 radical (unpaired) electrons. The fraction of sp³-hybridized carbons (Fsp3) is 0.304. The first-order valence-electron chi connectivity index (χ1n) is 10.1. The summed E-state index contributed by atoms with van der Waals surface area (Å²) < 4.78 is 15.1. The van der Waals surface area contributed by atoms with E-state index in [9.17, 15) is 14.3 Å². The molecule has 3 aromatic rings. The van der Waals surface area contributed by atoms with E-state index in [0.29, 0.717) is 18.5 Å². The van der Waals surface area contributed by atoms with Crippen molar-refractivity contribution >= 4 is 5.91 Å². The van der Waals surface area contributed by atoms with Gasteiger partial charge < -0.3 is 10.4 Å². The minimum Gasteiger partial charge on any atom is -0.391 e. The van der Waals surface area contributed by atoms with E-state index in [4.69, 9.17) is 0 Å².